The third-order valence-corrected chi connectivity index (χ3v) is 7.86. The minimum absolute atomic E-state index is 0.0961. The Labute approximate surface area is 199 Å². The predicted molar refractivity (Wildman–Crippen MR) is 125 cm³/mol. The van der Waals surface area contributed by atoms with E-state index in [1.54, 1.807) is 4.90 Å². The molecule has 1 unspecified atom stereocenters. The van der Waals surface area contributed by atoms with E-state index in [0.717, 1.165) is 35.1 Å². The molecule has 33 heavy (non-hydrogen) atoms. The van der Waals surface area contributed by atoms with Gasteiger partial charge < -0.3 is 19.1 Å². The molecule has 1 amide bonds. The molecule has 1 aliphatic carbocycles. The molecule has 3 aliphatic heterocycles. The molecule has 176 valence electrons. The van der Waals surface area contributed by atoms with Crippen LogP contribution in [0.5, 0.6) is 11.5 Å². The molecular formula is C26H30ClNO5. The smallest absolute Gasteiger partial charge is 0.254 e. The predicted octanol–water partition coefficient (Wildman–Crippen LogP) is 4.80. The second-order valence-electron chi connectivity index (χ2n) is 9.79. The van der Waals surface area contributed by atoms with Crippen LogP contribution >= 0.6 is 11.6 Å². The second-order valence-corrected chi connectivity index (χ2v) is 10.2. The summed E-state index contributed by atoms with van der Waals surface area (Å²) < 4.78 is 18.2. The molecule has 0 N–H and O–H groups in total. The molecule has 3 heterocycles. The van der Waals surface area contributed by atoms with Crippen LogP contribution in [0.25, 0.3) is 0 Å². The highest BCUT2D eigenvalue weighted by Crippen LogP contribution is 2.53. The number of hydrogen-bond acceptors (Lipinski definition) is 5. The first-order chi connectivity index (χ1) is 15.7. The van der Waals surface area contributed by atoms with Crippen LogP contribution in [0.15, 0.2) is 22.8 Å². The van der Waals surface area contributed by atoms with Gasteiger partial charge in [0.2, 0.25) is 0 Å². The SMILES string of the molecule is CC1=CC(C)=C(CN2CCc3c(Cl)c4c(c(C)c3C2=O)OC(C)(C2CCOCC2)O4)C(=O)C1. The zero-order chi connectivity index (χ0) is 23.5. The van der Waals surface area contributed by atoms with Gasteiger partial charge in [0.1, 0.15) is 0 Å². The van der Waals surface area contributed by atoms with Crippen molar-refractivity contribution in [1.29, 1.82) is 0 Å². The number of fused-ring (bicyclic) bond motifs is 2. The molecule has 1 saturated heterocycles. The van der Waals surface area contributed by atoms with Crippen molar-refractivity contribution in [2.45, 2.75) is 59.2 Å². The summed E-state index contributed by atoms with van der Waals surface area (Å²) >= 11 is 6.81. The number of halogens is 1. The number of amides is 1. The molecule has 7 heteroatoms. The lowest BCUT2D eigenvalue weighted by atomic mass is 9.90. The molecule has 1 aromatic carbocycles. The van der Waals surface area contributed by atoms with E-state index in [2.05, 4.69) is 0 Å². The van der Waals surface area contributed by atoms with E-state index >= 15 is 0 Å². The molecule has 5 rings (SSSR count). The zero-order valence-electron chi connectivity index (χ0n) is 19.7. The minimum atomic E-state index is -0.826. The number of benzene rings is 1. The van der Waals surface area contributed by atoms with Crippen molar-refractivity contribution in [3.05, 3.63) is 44.5 Å². The van der Waals surface area contributed by atoms with Crippen molar-refractivity contribution in [2.75, 3.05) is 26.3 Å². The summed E-state index contributed by atoms with van der Waals surface area (Å²) in [6.07, 6.45) is 4.77. The van der Waals surface area contributed by atoms with Crippen molar-refractivity contribution in [3.63, 3.8) is 0 Å². The van der Waals surface area contributed by atoms with Gasteiger partial charge in [-0.3, -0.25) is 9.59 Å². The Morgan fingerprint density at radius 1 is 1.12 bits per heavy atom. The van der Waals surface area contributed by atoms with Gasteiger partial charge in [0.15, 0.2) is 17.3 Å². The van der Waals surface area contributed by atoms with Crippen LogP contribution in [0, 0.1) is 12.8 Å². The summed E-state index contributed by atoms with van der Waals surface area (Å²) in [6.45, 7) is 9.94. The first-order valence-electron chi connectivity index (χ1n) is 11.7. The van der Waals surface area contributed by atoms with E-state index < -0.39 is 5.79 Å². The quantitative estimate of drug-likeness (QED) is 0.633. The van der Waals surface area contributed by atoms with Crippen molar-refractivity contribution in [1.82, 2.24) is 4.90 Å². The molecule has 1 atom stereocenters. The highest BCUT2D eigenvalue weighted by Gasteiger charge is 2.48. The number of ketones is 1. The van der Waals surface area contributed by atoms with Gasteiger partial charge in [0.05, 0.1) is 10.6 Å². The third-order valence-electron chi connectivity index (χ3n) is 7.46. The first kappa shape index (κ1) is 22.5. The summed E-state index contributed by atoms with van der Waals surface area (Å²) in [4.78, 5) is 28.0. The van der Waals surface area contributed by atoms with Gasteiger partial charge in [0, 0.05) is 56.7 Å². The van der Waals surface area contributed by atoms with Crippen molar-refractivity contribution < 1.29 is 23.8 Å². The van der Waals surface area contributed by atoms with E-state index in [1.165, 1.54) is 0 Å². The Morgan fingerprint density at radius 3 is 2.52 bits per heavy atom. The van der Waals surface area contributed by atoms with Crippen LogP contribution in [0.4, 0.5) is 0 Å². The molecule has 6 nitrogen and oxygen atoms in total. The maximum absolute atomic E-state index is 13.6. The normalized spacial score (nSPS) is 25.5. The third kappa shape index (κ3) is 3.68. The Hall–Kier alpha value is -2.31. The van der Waals surface area contributed by atoms with Crippen molar-refractivity contribution >= 4 is 23.3 Å². The van der Waals surface area contributed by atoms with Gasteiger partial charge in [-0.2, -0.15) is 0 Å². The molecule has 1 fully saturated rings. The maximum Gasteiger partial charge on any atom is 0.254 e. The van der Waals surface area contributed by atoms with Gasteiger partial charge in [-0.15, -0.1) is 0 Å². The number of hydrogen-bond donors (Lipinski definition) is 0. The lowest BCUT2D eigenvalue weighted by Crippen LogP contribution is -2.45. The van der Waals surface area contributed by atoms with E-state index in [4.69, 9.17) is 25.8 Å². The fourth-order valence-electron chi connectivity index (χ4n) is 5.56. The molecule has 4 aliphatic rings. The summed E-state index contributed by atoms with van der Waals surface area (Å²) in [5.41, 5.74) is 4.86. The average molecular weight is 472 g/mol. The zero-order valence-corrected chi connectivity index (χ0v) is 20.4. The largest absolute Gasteiger partial charge is 0.448 e. The van der Waals surface area contributed by atoms with Gasteiger partial charge in [-0.25, -0.2) is 0 Å². The number of carbonyl (C=O) groups excluding carboxylic acids is 2. The number of allylic oxidation sites excluding steroid dienone is 3. The van der Waals surface area contributed by atoms with Gasteiger partial charge in [-0.05, 0) is 51.2 Å². The summed E-state index contributed by atoms with van der Waals surface area (Å²) in [6, 6.07) is 0. The average Bonchev–Trinajstić information content (AvgIpc) is 3.15. The fourth-order valence-corrected chi connectivity index (χ4v) is 5.87. The van der Waals surface area contributed by atoms with Crippen molar-refractivity contribution in [2.24, 2.45) is 5.92 Å². The number of carbonyl (C=O) groups is 2. The topological polar surface area (TPSA) is 65.1 Å². The number of Topliss-reactive ketones (excluding diaryl/α,β-unsaturated/α-hetero) is 1. The number of ether oxygens (including phenoxy) is 3. The monoisotopic (exact) mass is 471 g/mol. The number of rotatable bonds is 3. The van der Waals surface area contributed by atoms with Gasteiger partial charge >= 0.3 is 0 Å². The van der Waals surface area contributed by atoms with Crippen LogP contribution in [-0.2, 0) is 16.0 Å². The van der Waals surface area contributed by atoms with Crippen LogP contribution in [-0.4, -0.2) is 48.7 Å². The Balaban J connectivity index is 1.47. The molecule has 0 bridgehead atoms. The second kappa shape index (κ2) is 8.17. The van der Waals surface area contributed by atoms with Crippen molar-refractivity contribution in [3.8, 4) is 11.5 Å². The maximum atomic E-state index is 13.6. The lowest BCUT2D eigenvalue weighted by molar-refractivity contribution is -0.136. The minimum Gasteiger partial charge on any atom is -0.448 e. The first-order valence-corrected chi connectivity index (χ1v) is 12.1. The highest BCUT2D eigenvalue weighted by atomic mass is 35.5. The Kier molecular flexibility index (Phi) is 5.57. The molecule has 0 saturated carbocycles. The lowest BCUT2D eigenvalue weighted by Gasteiger charge is -2.34. The van der Waals surface area contributed by atoms with Gasteiger partial charge in [0.25, 0.3) is 11.7 Å². The summed E-state index contributed by atoms with van der Waals surface area (Å²) in [7, 11) is 0. The molecule has 0 aromatic heterocycles. The number of nitrogens with zero attached hydrogens (tertiary/aromatic N) is 1. The summed E-state index contributed by atoms with van der Waals surface area (Å²) in [5.74, 6) is 0.450. The van der Waals surface area contributed by atoms with E-state index in [9.17, 15) is 9.59 Å². The molecule has 0 radical (unpaired) electrons. The van der Waals surface area contributed by atoms with Gasteiger partial charge in [-0.1, -0.05) is 23.3 Å². The van der Waals surface area contributed by atoms with Crippen LogP contribution < -0.4 is 9.47 Å². The summed E-state index contributed by atoms with van der Waals surface area (Å²) in [5, 5.41) is 0.470. The van der Waals surface area contributed by atoms with E-state index in [-0.39, 0.29) is 17.6 Å². The fraction of sp³-hybridized carbons (Fsp3) is 0.538. The Morgan fingerprint density at radius 2 is 1.82 bits per heavy atom. The molecule has 0 spiro atoms. The molecule has 1 aromatic rings. The van der Waals surface area contributed by atoms with E-state index in [1.807, 2.05) is 33.8 Å². The highest BCUT2D eigenvalue weighted by molar-refractivity contribution is 6.34. The van der Waals surface area contributed by atoms with Crippen LogP contribution in [0.1, 0.15) is 61.5 Å². The molecular weight excluding hydrogens is 442 g/mol. The standard InChI is InChI=1S/C26H30ClNO5/c1-14-11-15(2)19(20(29)12-14)13-28-8-5-18-21(25(28)30)16(3)23-24(22(18)27)33-26(4,32-23)17-6-9-31-10-7-17/h11,17H,5-10,12-13H2,1-4H3. The van der Waals surface area contributed by atoms with E-state index in [0.29, 0.717) is 66.8 Å². The van der Waals surface area contributed by atoms with Crippen LogP contribution in [0.2, 0.25) is 5.02 Å². The Bertz CT molecular complexity index is 1110. The van der Waals surface area contributed by atoms with Crippen LogP contribution in [0.3, 0.4) is 0 Å².